The number of hydrogen-bond donors (Lipinski definition) is 0. The molecule has 0 bridgehead atoms. The quantitative estimate of drug-likeness (QED) is 0.0814. The summed E-state index contributed by atoms with van der Waals surface area (Å²) in [7, 11) is 1.68. The van der Waals surface area contributed by atoms with E-state index < -0.39 is 4.92 Å². The van der Waals surface area contributed by atoms with Crippen LogP contribution >= 0.6 is 11.8 Å². The molecule has 1 unspecified atom stereocenters. The van der Waals surface area contributed by atoms with Crippen LogP contribution in [0.25, 0.3) is 0 Å². The minimum Gasteiger partial charge on any atom is -0.496 e. The lowest BCUT2D eigenvalue weighted by Crippen LogP contribution is -2.31. The number of cyclic esters (lactones) is 1. The van der Waals surface area contributed by atoms with Gasteiger partial charge in [0.1, 0.15) is 12.4 Å². The molecule has 7 nitrogen and oxygen atoms in total. The van der Waals surface area contributed by atoms with E-state index in [1.165, 1.54) is 6.07 Å². The number of nitro benzene ring substituents is 1. The van der Waals surface area contributed by atoms with Crippen LogP contribution in [0.15, 0.2) is 71.6 Å². The van der Waals surface area contributed by atoms with E-state index >= 15 is 0 Å². The van der Waals surface area contributed by atoms with E-state index in [4.69, 9.17) is 14.2 Å². The molecule has 0 saturated carbocycles. The molecule has 0 radical (unpaired) electrons. The third-order valence-corrected chi connectivity index (χ3v) is 7.81. The van der Waals surface area contributed by atoms with Crippen LogP contribution < -0.4 is 9.47 Å². The maximum Gasteiger partial charge on any atom is 0.311 e. The van der Waals surface area contributed by atoms with E-state index in [0.717, 1.165) is 40.4 Å². The zero-order chi connectivity index (χ0) is 26.9. The molecule has 200 valence electrons. The Labute approximate surface area is 227 Å². The molecular weight excluding hydrogens is 502 g/mol. The Balaban J connectivity index is 1.47. The lowest BCUT2D eigenvalue weighted by Gasteiger charge is -2.29. The number of unbranched alkanes of at least 4 members (excludes halogenated alkanes) is 1. The Morgan fingerprint density at radius 2 is 1.84 bits per heavy atom. The summed E-state index contributed by atoms with van der Waals surface area (Å²) in [5.41, 5.74) is 2.63. The second kappa shape index (κ2) is 13.3. The fraction of sp³-hybridized carbons (Fsp3) is 0.367. The molecule has 38 heavy (non-hydrogen) atoms. The van der Waals surface area contributed by atoms with Crippen molar-refractivity contribution in [3.63, 3.8) is 0 Å². The van der Waals surface area contributed by atoms with Gasteiger partial charge < -0.3 is 14.2 Å². The van der Waals surface area contributed by atoms with Gasteiger partial charge >= 0.3 is 11.7 Å². The van der Waals surface area contributed by atoms with Gasteiger partial charge in [-0.2, -0.15) is 0 Å². The Kier molecular flexibility index (Phi) is 9.65. The number of benzene rings is 3. The molecule has 3 aromatic rings. The molecule has 0 spiro atoms. The summed E-state index contributed by atoms with van der Waals surface area (Å²) in [5, 5.41) is 11.8. The van der Waals surface area contributed by atoms with Crippen molar-refractivity contribution in [3.05, 3.63) is 93.5 Å². The van der Waals surface area contributed by atoms with Gasteiger partial charge in [0, 0.05) is 16.9 Å². The van der Waals surface area contributed by atoms with Gasteiger partial charge in [-0.25, -0.2) is 0 Å². The second-order valence-corrected chi connectivity index (χ2v) is 10.5. The molecule has 3 aromatic carbocycles. The van der Waals surface area contributed by atoms with E-state index in [0.29, 0.717) is 25.0 Å². The van der Waals surface area contributed by atoms with Gasteiger partial charge in [-0.15, -0.1) is 11.8 Å². The zero-order valence-electron chi connectivity index (χ0n) is 21.8. The summed E-state index contributed by atoms with van der Waals surface area (Å²) in [6, 6.07) is 20.6. The van der Waals surface area contributed by atoms with Crippen LogP contribution in [0.2, 0.25) is 0 Å². The highest BCUT2D eigenvalue weighted by Crippen LogP contribution is 2.38. The minimum absolute atomic E-state index is 0.0533. The fourth-order valence-corrected chi connectivity index (χ4v) is 5.73. The molecule has 0 N–H and O–H groups in total. The number of nitrogens with zero attached hydrogens (tertiary/aromatic N) is 1. The fourth-order valence-electron chi connectivity index (χ4n) is 4.57. The topological polar surface area (TPSA) is 87.9 Å². The predicted octanol–water partition coefficient (Wildman–Crippen LogP) is 6.96. The largest absolute Gasteiger partial charge is 0.496 e. The van der Waals surface area contributed by atoms with Crippen molar-refractivity contribution in [2.24, 2.45) is 5.92 Å². The first-order valence-corrected chi connectivity index (χ1v) is 13.9. The summed E-state index contributed by atoms with van der Waals surface area (Å²) in [5.74, 6) is 1.47. The summed E-state index contributed by atoms with van der Waals surface area (Å²) >= 11 is 1.78. The van der Waals surface area contributed by atoms with Gasteiger partial charge in [-0.05, 0) is 59.9 Å². The van der Waals surface area contributed by atoms with Crippen molar-refractivity contribution < 1.29 is 23.9 Å². The number of nitro groups is 1. The standard InChI is InChI=1S/C30H33NO6S/c1-3-4-14-38-29-18-23(11-13-28(29)35-2)25-17-24(30(32)37-20-25)15-22-10-12-27(26(16-22)31(33)34)36-19-21-8-6-5-7-9-21/h5-13,16,18,24-25H,3-4,14-15,17,19-20H2,1-2H3/t24?,25-/m1/s1. The van der Waals surface area contributed by atoms with Crippen molar-refractivity contribution in [3.8, 4) is 11.5 Å². The molecule has 4 rings (SSSR count). The Bertz CT molecular complexity index is 1250. The number of thioether (sulfide) groups is 1. The average Bonchev–Trinajstić information content (AvgIpc) is 2.94. The van der Waals surface area contributed by atoms with Gasteiger partial charge in [-0.1, -0.05) is 55.8 Å². The number of esters is 1. The van der Waals surface area contributed by atoms with Crippen LogP contribution in [0.5, 0.6) is 11.5 Å². The molecule has 1 heterocycles. The third-order valence-electron chi connectivity index (χ3n) is 6.68. The van der Waals surface area contributed by atoms with Crippen LogP contribution in [-0.2, 0) is 22.6 Å². The molecule has 1 saturated heterocycles. The molecule has 1 fully saturated rings. The molecule has 0 aromatic heterocycles. The van der Waals surface area contributed by atoms with Gasteiger partial charge in [0.15, 0.2) is 5.75 Å². The van der Waals surface area contributed by atoms with Crippen molar-refractivity contribution in [2.45, 2.75) is 50.0 Å². The Morgan fingerprint density at radius 3 is 2.58 bits per heavy atom. The number of ether oxygens (including phenoxy) is 3. The first-order chi connectivity index (χ1) is 18.5. The average molecular weight is 536 g/mol. The smallest absolute Gasteiger partial charge is 0.311 e. The van der Waals surface area contributed by atoms with Gasteiger partial charge in [-0.3, -0.25) is 14.9 Å². The van der Waals surface area contributed by atoms with Crippen LogP contribution in [-0.4, -0.2) is 30.4 Å². The molecule has 0 amide bonds. The summed E-state index contributed by atoms with van der Waals surface area (Å²) in [6.45, 7) is 2.73. The molecule has 1 aliphatic heterocycles. The number of carbonyl (C=O) groups excluding carboxylic acids is 1. The summed E-state index contributed by atoms with van der Waals surface area (Å²) in [6.07, 6.45) is 3.24. The summed E-state index contributed by atoms with van der Waals surface area (Å²) < 4.78 is 16.9. The van der Waals surface area contributed by atoms with Crippen LogP contribution in [0, 0.1) is 16.0 Å². The van der Waals surface area contributed by atoms with Crippen LogP contribution in [0.1, 0.15) is 48.8 Å². The molecule has 1 aliphatic rings. The van der Waals surface area contributed by atoms with Crippen molar-refractivity contribution >= 4 is 23.4 Å². The van der Waals surface area contributed by atoms with Crippen molar-refractivity contribution in [1.82, 2.24) is 0 Å². The van der Waals surface area contributed by atoms with E-state index in [1.54, 1.807) is 31.0 Å². The highest BCUT2D eigenvalue weighted by Gasteiger charge is 2.32. The van der Waals surface area contributed by atoms with E-state index in [9.17, 15) is 14.9 Å². The van der Waals surface area contributed by atoms with E-state index in [2.05, 4.69) is 13.0 Å². The normalized spacial score (nSPS) is 17.1. The lowest BCUT2D eigenvalue weighted by molar-refractivity contribution is -0.386. The molecule has 0 aliphatic carbocycles. The first kappa shape index (κ1) is 27.5. The van der Waals surface area contributed by atoms with Crippen molar-refractivity contribution in [1.29, 1.82) is 0 Å². The number of carbonyl (C=O) groups is 1. The first-order valence-electron chi connectivity index (χ1n) is 12.9. The van der Waals surface area contributed by atoms with Gasteiger partial charge in [0.25, 0.3) is 0 Å². The van der Waals surface area contributed by atoms with Crippen molar-refractivity contribution in [2.75, 3.05) is 19.5 Å². The summed E-state index contributed by atoms with van der Waals surface area (Å²) in [4.78, 5) is 25.1. The second-order valence-electron chi connectivity index (χ2n) is 9.41. The third kappa shape index (κ3) is 7.07. The number of rotatable bonds is 12. The lowest BCUT2D eigenvalue weighted by atomic mass is 9.84. The van der Waals surface area contributed by atoms with E-state index in [1.807, 2.05) is 42.5 Å². The Morgan fingerprint density at radius 1 is 1.05 bits per heavy atom. The minimum atomic E-state index is -0.444. The van der Waals surface area contributed by atoms with Crippen LogP contribution in [0.3, 0.4) is 0 Å². The van der Waals surface area contributed by atoms with E-state index in [-0.39, 0.29) is 35.8 Å². The van der Waals surface area contributed by atoms with Gasteiger partial charge in [0.2, 0.25) is 0 Å². The highest BCUT2D eigenvalue weighted by atomic mass is 32.2. The number of methoxy groups -OCH3 is 1. The number of hydrogen-bond acceptors (Lipinski definition) is 7. The van der Waals surface area contributed by atoms with Crippen LogP contribution in [0.4, 0.5) is 5.69 Å². The Hall–Kier alpha value is -3.52. The predicted molar refractivity (Wildman–Crippen MR) is 148 cm³/mol. The molecular formula is C30H33NO6S. The molecule has 8 heteroatoms. The highest BCUT2D eigenvalue weighted by molar-refractivity contribution is 7.99. The monoisotopic (exact) mass is 535 g/mol. The maximum absolute atomic E-state index is 12.7. The molecule has 2 atom stereocenters. The zero-order valence-corrected chi connectivity index (χ0v) is 22.6. The SMILES string of the molecule is CCCCSc1cc([C@H]2COC(=O)C(Cc3ccc(OCc4ccccc4)c([N+](=O)[O-])c3)C2)ccc1OC. The maximum atomic E-state index is 12.7. The van der Waals surface area contributed by atoms with Gasteiger partial charge in [0.05, 0.1) is 24.6 Å².